The highest BCUT2D eigenvalue weighted by Gasteiger charge is 1.99. The lowest BCUT2D eigenvalue weighted by Crippen LogP contribution is -2.01. The minimum Gasteiger partial charge on any atom is -0.489 e. The van der Waals surface area contributed by atoms with Crippen LogP contribution in [-0.4, -0.2) is 19.2 Å². The van der Waals surface area contributed by atoms with Gasteiger partial charge in [-0.2, -0.15) is 0 Å². The maximum Gasteiger partial charge on any atom is 0.330 e. The van der Waals surface area contributed by atoms with Gasteiger partial charge in [0.15, 0.2) is 0 Å². The summed E-state index contributed by atoms with van der Waals surface area (Å²) in [5.74, 6) is 0.475. The first-order chi connectivity index (χ1) is 8.27. The van der Waals surface area contributed by atoms with E-state index < -0.39 is 0 Å². The summed E-state index contributed by atoms with van der Waals surface area (Å²) in [5.41, 5.74) is 1.08. The normalized spacial score (nSPS) is 10.5. The first-order valence-electron chi connectivity index (χ1n) is 5.38. The van der Waals surface area contributed by atoms with E-state index in [2.05, 4.69) is 15.9 Å². The number of hydrogen-bond acceptors (Lipinski definition) is 3. The van der Waals surface area contributed by atoms with Crippen molar-refractivity contribution in [2.45, 2.75) is 12.3 Å². The molecule has 0 N–H and O–H groups in total. The molecule has 0 fully saturated rings. The summed E-state index contributed by atoms with van der Waals surface area (Å²) >= 11 is 3.39. The number of ether oxygens (including phenoxy) is 2. The lowest BCUT2D eigenvalue weighted by Gasteiger charge is -2.07. The van der Waals surface area contributed by atoms with Crippen LogP contribution in [0.15, 0.2) is 36.4 Å². The third kappa shape index (κ3) is 5.04. The van der Waals surface area contributed by atoms with Crippen molar-refractivity contribution in [2.75, 3.05) is 13.2 Å². The zero-order chi connectivity index (χ0) is 12.5. The summed E-state index contributed by atoms with van der Waals surface area (Å²) in [7, 11) is 0. The second-order valence-corrected chi connectivity index (χ2v) is 3.77. The number of hydrogen-bond donors (Lipinski definition) is 0. The molecule has 0 unspecified atom stereocenters. The number of rotatable bonds is 6. The topological polar surface area (TPSA) is 35.5 Å². The quantitative estimate of drug-likeness (QED) is 0.460. The number of esters is 1. The van der Waals surface area contributed by atoms with E-state index in [0.717, 1.165) is 16.6 Å². The Labute approximate surface area is 110 Å². The Hall–Kier alpha value is -1.29. The van der Waals surface area contributed by atoms with Crippen molar-refractivity contribution in [3.63, 3.8) is 0 Å². The third-order valence-electron chi connectivity index (χ3n) is 1.99. The molecule has 0 spiro atoms. The molecule has 0 heterocycles. The average molecular weight is 299 g/mol. The van der Waals surface area contributed by atoms with Gasteiger partial charge in [-0.1, -0.05) is 34.1 Å². The van der Waals surface area contributed by atoms with E-state index >= 15 is 0 Å². The molecule has 4 heteroatoms. The van der Waals surface area contributed by atoms with Crippen LogP contribution in [0.4, 0.5) is 0 Å². The Morgan fingerprint density at radius 2 is 2.18 bits per heavy atom. The Morgan fingerprint density at radius 3 is 2.88 bits per heavy atom. The van der Waals surface area contributed by atoms with Gasteiger partial charge in [0.1, 0.15) is 12.4 Å². The fourth-order valence-corrected chi connectivity index (χ4v) is 1.69. The predicted molar refractivity (Wildman–Crippen MR) is 70.3 cm³/mol. The van der Waals surface area contributed by atoms with Gasteiger partial charge in [-0.15, -0.1) is 0 Å². The molecule has 0 aromatic heterocycles. The van der Waals surface area contributed by atoms with Gasteiger partial charge >= 0.3 is 5.97 Å². The highest BCUT2D eigenvalue weighted by atomic mass is 79.9. The molecule has 0 aliphatic heterocycles. The molecule has 0 aliphatic rings. The van der Waals surface area contributed by atoms with Crippen LogP contribution in [0, 0.1) is 0 Å². The molecule has 0 saturated carbocycles. The monoisotopic (exact) mass is 298 g/mol. The van der Waals surface area contributed by atoms with Gasteiger partial charge in [-0.25, -0.2) is 4.79 Å². The highest BCUT2D eigenvalue weighted by Crippen LogP contribution is 2.20. The van der Waals surface area contributed by atoms with Crippen molar-refractivity contribution in [1.29, 1.82) is 0 Å². The lowest BCUT2D eigenvalue weighted by molar-refractivity contribution is -0.137. The number of halogens is 1. The maximum absolute atomic E-state index is 11.0. The smallest absolute Gasteiger partial charge is 0.330 e. The number of benzene rings is 1. The van der Waals surface area contributed by atoms with Crippen molar-refractivity contribution in [1.82, 2.24) is 0 Å². The zero-order valence-electron chi connectivity index (χ0n) is 9.69. The van der Waals surface area contributed by atoms with Gasteiger partial charge in [-0.05, 0) is 19.1 Å². The lowest BCUT2D eigenvalue weighted by atomic mass is 10.2. The van der Waals surface area contributed by atoms with E-state index in [0.29, 0.717) is 13.2 Å². The molecular formula is C13H15BrO3. The SMILES string of the molecule is CCOC(=O)/C=C/COc1ccccc1CBr. The van der Waals surface area contributed by atoms with Gasteiger partial charge in [0, 0.05) is 17.0 Å². The molecule has 0 bridgehead atoms. The molecule has 0 aliphatic carbocycles. The Kier molecular flexibility index (Phi) is 6.40. The van der Waals surface area contributed by atoms with Crippen molar-refractivity contribution in [2.24, 2.45) is 0 Å². The fourth-order valence-electron chi connectivity index (χ4n) is 1.23. The second-order valence-electron chi connectivity index (χ2n) is 3.21. The van der Waals surface area contributed by atoms with E-state index in [4.69, 9.17) is 9.47 Å². The third-order valence-corrected chi connectivity index (χ3v) is 2.60. The van der Waals surface area contributed by atoms with Gasteiger partial charge in [0.2, 0.25) is 0 Å². The molecule has 0 radical (unpaired) electrons. The highest BCUT2D eigenvalue weighted by molar-refractivity contribution is 9.08. The second kappa shape index (κ2) is 7.90. The van der Waals surface area contributed by atoms with Gasteiger partial charge < -0.3 is 9.47 Å². The maximum atomic E-state index is 11.0. The molecular weight excluding hydrogens is 284 g/mol. The first kappa shape index (κ1) is 13.8. The van der Waals surface area contributed by atoms with Crippen LogP contribution in [0.3, 0.4) is 0 Å². The predicted octanol–water partition coefficient (Wildman–Crippen LogP) is 3.08. The summed E-state index contributed by atoms with van der Waals surface area (Å²) in [5, 5.41) is 0.741. The summed E-state index contributed by atoms with van der Waals surface area (Å²) in [6, 6.07) is 7.75. The van der Waals surface area contributed by atoms with Crippen LogP contribution < -0.4 is 4.74 Å². The van der Waals surface area contributed by atoms with E-state index in [1.165, 1.54) is 6.08 Å². The Balaban J connectivity index is 2.43. The minimum atomic E-state index is -0.343. The Morgan fingerprint density at radius 1 is 1.41 bits per heavy atom. The van der Waals surface area contributed by atoms with E-state index in [-0.39, 0.29) is 5.97 Å². The van der Waals surface area contributed by atoms with Crippen LogP contribution in [0.1, 0.15) is 12.5 Å². The molecule has 3 nitrogen and oxygen atoms in total. The largest absolute Gasteiger partial charge is 0.489 e. The zero-order valence-corrected chi connectivity index (χ0v) is 11.3. The summed E-state index contributed by atoms with van der Waals surface area (Å²) in [6.07, 6.45) is 3.02. The van der Waals surface area contributed by atoms with Crippen molar-refractivity contribution in [3.05, 3.63) is 42.0 Å². The molecule has 0 atom stereocenters. The molecule has 1 rings (SSSR count). The number of para-hydroxylation sites is 1. The standard InChI is InChI=1S/C13H15BrO3/c1-2-16-13(15)8-5-9-17-12-7-4-3-6-11(12)10-14/h3-8H,2,9-10H2,1H3/b8-5+. The summed E-state index contributed by atoms with van der Waals surface area (Å²) < 4.78 is 10.3. The summed E-state index contributed by atoms with van der Waals surface area (Å²) in [6.45, 7) is 2.51. The molecule has 92 valence electrons. The number of carbonyl (C=O) groups is 1. The van der Waals surface area contributed by atoms with Crippen LogP contribution in [0.5, 0.6) is 5.75 Å². The Bertz CT molecular complexity index is 388. The van der Waals surface area contributed by atoms with Gasteiger partial charge in [0.05, 0.1) is 6.61 Å². The molecule has 0 amide bonds. The molecule has 1 aromatic rings. The summed E-state index contributed by atoms with van der Waals surface area (Å²) in [4.78, 5) is 11.0. The van der Waals surface area contributed by atoms with Crippen LogP contribution >= 0.6 is 15.9 Å². The minimum absolute atomic E-state index is 0.343. The fraction of sp³-hybridized carbons (Fsp3) is 0.308. The molecule has 1 aromatic carbocycles. The first-order valence-corrected chi connectivity index (χ1v) is 6.50. The molecule has 0 saturated heterocycles. The van der Waals surface area contributed by atoms with E-state index in [1.54, 1.807) is 13.0 Å². The van der Waals surface area contributed by atoms with Crippen LogP contribution in [0.25, 0.3) is 0 Å². The van der Waals surface area contributed by atoms with Crippen molar-refractivity contribution in [3.8, 4) is 5.75 Å². The van der Waals surface area contributed by atoms with Gasteiger partial charge in [0.25, 0.3) is 0 Å². The number of alkyl halides is 1. The van der Waals surface area contributed by atoms with Crippen molar-refractivity contribution < 1.29 is 14.3 Å². The van der Waals surface area contributed by atoms with Crippen molar-refractivity contribution >= 4 is 21.9 Å². The van der Waals surface area contributed by atoms with E-state index in [9.17, 15) is 4.79 Å². The van der Waals surface area contributed by atoms with Crippen LogP contribution in [0.2, 0.25) is 0 Å². The molecule has 17 heavy (non-hydrogen) atoms. The van der Waals surface area contributed by atoms with E-state index in [1.807, 2.05) is 24.3 Å². The average Bonchev–Trinajstić information content (AvgIpc) is 2.35. The van der Waals surface area contributed by atoms with Crippen LogP contribution in [-0.2, 0) is 14.9 Å². The van der Waals surface area contributed by atoms with Gasteiger partial charge in [-0.3, -0.25) is 0 Å². The number of carbonyl (C=O) groups excluding carboxylic acids is 1.